The predicted octanol–water partition coefficient (Wildman–Crippen LogP) is 0.493. The van der Waals surface area contributed by atoms with Gasteiger partial charge in [0.15, 0.2) is 0 Å². The fraction of sp³-hybridized carbons (Fsp3) is 0.750. The molecule has 0 aromatic carbocycles. The fourth-order valence-corrected chi connectivity index (χ4v) is 2.86. The highest BCUT2D eigenvalue weighted by Crippen LogP contribution is 2.30. The number of aromatic amines is 1. The molecule has 4 N–H and O–H groups in total. The van der Waals surface area contributed by atoms with Gasteiger partial charge in [0.2, 0.25) is 0 Å². The first kappa shape index (κ1) is 11.2. The quantitative estimate of drug-likeness (QED) is 0.698. The molecule has 2 aliphatic rings. The smallest absolute Gasteiger partial charge is 0.0925 e. The number of hydrogen-bond acceptors (Lipinski definition) is 4. The van der Waals surface area contributed by atoms with Crippen LogP contribution in [-0.2, 0) is 11.2 Å². The Labute approximate surface area is 101 Å². The Morgan fingerprint density at radius 2 is 2.41 bits per heavy atom. The summed E-state index contributed by atoms with van der Waals surface area (Å²) < 4.78 is 5.88. The first-order valence-electron chi connectivity index (χ1n) is 6.48. The van der Waals surface area contributed by atoms with Gasteiger partial charge in [0, 0.05) is 31.3 Å². The lowest BCUT2D eigenvalue weighted by Crippen LogP contribution is -2.49. The van der Waals surface area contributed by atoms with E-state index in [0.717, 1.165) is 25.1 Å². The molecule has 5 heteroatoms. The van der Waals surface area contributed by atoms with Crippen LogP contribution in [0.5, 0.6) is 0 Å². The van der Waals surface area contributed by atoms with E-state index in [1.165, 1.54) is 18.5 Å². The van der Waals surface area contributed by atoms with Crippen molar-refractivity contribution in [2.75, 3.05) is 13.2 Å². The average molecular weight is 236 g/mol. The van der Waals surface area contributed by atoms with Gasteiger partial charge in [-0.05, 0) is 19.3 Å². The number of nitrogens with two attached hydrogens (primary N) is 1. The van der Waals surface area contributed by atoms with Crippen LogP contribution < -0.4 is 11.1 Å². The second-order valence-corrected chi connectivity index (χ2v) is 4.95. The number of nitrogens with one attached hydrogen (secondary N) is 2. The van der Waals surface area contributed by atoms with Crippen molar-refractivity contribution < 1.29 is 4.74 Å². The van der Waals surface area contributed by atoms with Gasteiger partial charge >= 0.3 is 0 Å². The van der Waals surface area contributed by atoms with E-state index in [1.54, 1.807) is 6.33 Å². The lowest BCUT2D eigenvalue weighted by molar-refractivity contribution is -0.0133. The highest BCUT2D eigenvalue weighted by Gasteiger charge is 2.34. The summed E-state index contributed by atoms with van der Waals surface area (Å²) in [6, 6.07) is 0.539. The normalized spacial score (nSPS) is 33.4. The number of aromatic nitrogens is 2. The topological polar surface area (TPSA) is 76.0 Å². The number of imidazole rings is 1. The number of fused-ring (bicyclic) bond motifs is 1. The molecule has 1 saturated heterocycles. The molecule has 1 fully saturated rings. The summed E-state index contributed by atoms with van der Waals surface area (Å²) in [6.07, 6.45) is 6.50. The van der Waals surface area contributed by atoms with Crippen LogP contribution in [0.25, 0.3) is 0 Å². The SMILES string of the molecule is NCC1Cc2[nH]cnc2C(C2CCCCO2)N1. The molecule has 0 radical (unpaired) electrons. The lowest BCUT2D eigenvalue weighted by Gasteiger charge is -2.36. The van der Waals surface area contributed by atoms with Crippen LogP contribution >= 0.6 is 0 Å². The summed E-state index contributed by atoms with van der Waals surface area (Å²) >= 11 is 0. The van der Waals surface area contributed by atoms with E-state index >= 15 is 0 Å². The second kappa shape index (κ2) is 4.76. The van der Waals surface area contributed by atoms with Crippen LogP contribution in [-0.4, -0.2) is 35.3 Å². The Hall–Kier alpha value is -0.910. The van der Waals surface area contributed by atoms with Crippen LogP contribution in [0.2, 0.25) is 0 Å². The Bertz CT molecular complexity index is 372. The zero-order chi connectivity index (χ0) is 11.7. The maximum absolute atomic E-state index is 5.88. The van der Waals surface area contributed by atoms with Crippen molar-refractivity contribution in [3.63, 3.8) is 0 Å². The molecule has 2 aliphatic heterocycles. The number of hydrogen-bond donors (Lipinski definition) is 3. The number of ether oxygens (including phenoxy) is 1. The van der Waals surface area contributed by atoms with Crippen molar-refractivity contribution in [2.24, 2.45) is 5.73 Å². The molecule has 0 spiro atoms. The van der Waals surface area contributed by atoms with Crippen LogP contribution in [0.15, 0.2) is 6.33 Å². The Morgan fingerprint density at radius 1 is 1.47 bits per heavy atom. The van der Waals surface area contributed by atoms with E-state index in [1.807, 2.05) is 0 Å². The molecule has 3 rings (SSSR count). The van der Waals surface area contributed by atoms with E-state index in [-0.39, 0.29) is 12.1 Å². The van der Waals surface area contributed by atoms with Crippen LogP contribution in [0.4, 0.5) is 0 Å². The zero-order valence-electron chi connectivity index (χ0n) is 9.98. The molecule has 3 heterocycles. The maximum Gasteiger partial charge on any atom is 0.0925 e. The Morgan fingerprint density at radius 3 is 3.18 bits per heavy atom. The zero-order valence-corrected chi connectivity index (χ0v) is 9.98. The highest BCUT2D eigenvalue weighted by molar-refractivity contribution is 5.22. The van der Waals surface area contributed by atoms with Crippen LogP contribution in [0.1, 0.15) is 36.7 Å². The third-order valence-electron chi connectivity index (χ3n) is 3.78. The van der Waals surface area contributed by atoms with Gasteiger partial charge in [-0.2, -0.15) is 0 Å². The molecule has 3 atom stereocenters. The number of nitrogens with zero attached hydrogens (tertiary/aromatic N) is 1. The molecule has 94 valence electrons. The third-order valence-corrected chi connectivity index (χ3v) is 3.78. The molecule has 1 aromatic heterocycles. The molecule has 1 aromatic rings. The minimum absolute atomic E-state index is 0.207. The van der Waals surface area contributed by atoms with Crippen molar-refractivity contribution >= 4 is 0 Å². The molecular weight excluding hydrogens is 216 g/mol. The summed E-state index contributed by atoms with van der Waals surface area (Å²) in [4.78, 5) is 7.67. The first-order chi connectivity index (χ1) is 8.38. The summed E-state index contributed by atoms with van der Waals surface area (Å²) in [5.74, 6) is 0. The Kier molecular flexibility index (Phi) is 3.13. The lowest BCUT2D eigenvalue weighted by atomic mass is 9.92. The second-order valence-electron chi connectivity index (χ2n) is 4.95. The Balaban J connectivity index is 1.83. The molecule has 0 amide bonds. The van der Waals surface area contributed by atoms with Crippen molar-refractivity contribution in [2.45, 2.75) is 43.9 Å². The molecular formula is C12H20N4O. The van der Waals surface area contributed by atoms with Gasteiger partial charge in [0.05, 0.1) is 24.2 Å². The molecule has 3 unspecified atom stereocenters. The molecule has 5 nitrogen and oxygen atoms in total. The van der Waals surface area contributed by atoms with E-state index < -0.39 is 0 Å². The maximum atomic E-state index is 5.88. The van der Waals surface area contributed by atoms with E-state index in [4.69, 9.17) is 10.5 Å². The fourth-order valence-electron chi connectivity index (χ4n) is 2.86. The van der Waals surface area contributed by atoms with Crippen molar-refractivity contribution in [3.05, 3.63) is 17.7 Å². The highest BCUT2D eigenvalue weighted by atomic mass is 16.5. The third kappa shape index (κ3) is 2.10. The standard InChI is InChI=1S/C12H20N4O/c13-6-8-5-9-11(15-7-14-9)12(16-8)10-3-1-2-4-17-10/h7-8,10,12,16H,1-6,13H2,(H,14,15). The van der Waals surface area contributed by atoms with Crippen molar-refractivity contribution in [3.8, 4) is 0 Å². The minimum atomic E-state index is 0.207. The van der Waals surface area contributed by atoms with Gasteiger partial charge in [-0.15, -0.1) is 0 Å². The van der Waals surface area contributed by atoms with Crippen LogP contribution in [0.3, 0.4) is 0 Å². The number of H-pyrrole nitrogens is 1. The van der Waals surface area contributed by atoms with E-state index in [2.05, 4.69) is 15.3 Å². The van der Waals surface area contributed by atoms with Gasteiger partial charge in [0.25, 0.3) is 0 Å². The molecule has 0 bridgehead atoms. The largest absolute Gasteiger partial charge is 0.376 e. The predicted molar refractivity (Wildman–Crippen MR) is 64.6 cm³/mol. The molecule has 0 aliphatic carbocycles. The van der Waals surface area contributed by atoms with E-state index in [0.29, 0.717) is 12.6 Å². The van der Waals surface area contributed by atoms with Gasteiger partial charge in [0.1, 0.15) is 0 Å². The summed E-state index contributed by atoms with van der Waals surface area (Å²) in [6.45, 7) is 1.53. The molecule has 17 heavy (non-hydrogen) atoms. The minimum Gasteiger partial charge on any atom is -0.376 e. The van der Waals surface area contributed by atoms with Gasteiger partial charge in [-0.1, -0.05) is 0 Å². The van der Waals surface area contributed by atoms with Gasteiger partial charge < -0.3 is 20.8 Å². The summed E-state index contributed by atoms with van der Waals surface area (Å²) in [5.41, 5.74) is 8.13. The number of rotatable bonds is 2. The first-order valence-corrected chi connectivity index (χ1v) is 6.48. The average Bonchev–Trinajstić information content (AvgIpc) is 2.86. The van der Waals surface area contributed by atoms with Gasteiger partial charge in [-0.25, -0.2) is 4.98 Å². The van der Waals surface area contributed by atoms with E-state index in [9.17, 15) is 0 Å². The molecule has 0 saturated carbocycles. The van der Waals surface area contributed by atoms with Crippen LogP contribution in [0, 0.1) is 0 Å². The van der Waals surface area contributed by atoms with Gasteiger partial charge in [-0.3, -0.25) is 0 Å². The van der Waals surface area contributed by atoms with Crippen molar-refractivity contribution in [1.29, 1.82) is 0 Å². The van der Waals surface area contributed by atoms with Crippen molar-refractivity contribution in [1.82, 2.24) is 15.3 Å². The summed E-state index contributed by atoms with van der Waals surface area (Å²) in [7, 11) is 0. The monoisotopic (exact) mass is 236 g/mol. The summed E-state index contributed by atoms with van der Waals surface area (Å²) in [5, 5.41) is 3.58.